The van der Waals surface area contributed by atoms with Crippen molar-refractivity contribution in [3.8, 4) is 0 Å². The molecule has 0 amide bonds. The smallest absolute Gasteiger partial charge is 0.262 e. The first kappa shape index (κ1) is 17.0. The molecule has 1 aliphatic heterocycles. The van der Waals surface area contributed by atoms with Crippen LogP contribution in [-0.4, -0.2) is 40.2 Å². The van der Waals surface area contributed by atoms with Gasteiger partial charge in [-0.2, -0.15) is 4.31 Å². The van der Waals surface area contributed by atoms with E-state index in [4.69, 9.17) is 0 Å². The first-order valence-corrected chi connectivity index (χ1v) is 9.89. The lowest BCUT2D eigenvalue weighted by atomic mass is 9.96. The molecule has 0 saturated carbocycles. The number of nitrogens with zero attached hydrogens (tertiary/aromatic N) is 3. The fraction of sp³-hybridized carbons (Fsp3) is 0.786. The molecule has 1 fully saturated rings. The highest BCUT2D eigenvalue weighted by molar-refractivity contribution is 9.09. The number of hydrogen-bond acceptors (Lipinski definition) is 3. The molecule has 0 N–H and O–H groups in total. The van der Waals surface area contributed by atoms with Gasteiger partial charge in [0.15, 0.2) is 5.03 Å². The van der Waals surface area contributed by atoms with Crippen LogP contribution in [0.1, 0.15) is 38.9 Å². The van der Waals surface area contributed by atoms with E-state index in [0.717, 1.165) is 31.6 Å². The molecule has 1 aromatic rings. The van der Waals surface area contributed by atoms with Gasteiger partial charge in [0, 0.05) is 30.7 Å². The Balaban J connectivity index is 2.14. The first-order chi connectivity index (χ1) is 9.86. The van der Waals surface area contributed by atoms with Crippen LogP contribution in [0.2, 0.25) is 0 Å². The van der Waals surface area contributed by atoms with Crippen LogP contribution in [0.25, 0.3) is 0 Å². The molecule has 2 rings (SSSR count). The van der Waals surface area contributed by atoms with E-state index < -0.39 is 10.0 Å². The molecule has 0 spiro atoms. The van der Waals surface area contributed by atoms with Crippen LogP contribution in [0.4, 0.5) is 0 Å². The number of rotatable bonds is 5. The number of aromatic nitrogens is 2. The van der Waals surface area contributed by atoms with Crippen LogP contribution in [0.3, 0.4) is 0 Å². The van der Waals surface area contributed by atoms with Crippen molar-refractivity contribution in [2.24, 2.45) is 5.92 Å². The van der Waals surface area contributed by atoms with Gasteiger partial charge in [-0.05, 0) is 32.1 Å². The van der Waals surface area contributed by atoms with Gasteiger partial charge in [0.1, 0.15) is 5.82 Å². The van der Waals surface area contributed by atoms with Crippen LogP contribution in [0.15, 0.2) is 11.2 Å². The fourth-order valence-corrected chi connectivity index (χ4v) is 4.77. The topological polar surface area (TPSA) is 55.2 Å². The number of aryl methyl sites for hydroxylation is 2. The second-order valence-corrected chi connectivity index (χ2v) is 9.07. The third kappa shape index (κ3) is 3.68. The summed E-state index contributed by atoms with van der Waals surface area (Å²) >= 11 is 3.60. The van der Waals surface area contributed by atoms with Gasteiger partial charge in [-0.1, -0.05) is 29.8 Å². The molecule has 0 bridgehead atoms. The van der Waals surface area contributed by atoms with Crippen molar-refractivity contribution >= 4 is 26.0 Å². The Kier molecular flexibility index (Phi) is 5.48. The molecule has 2 heterocycles. The molecular formula is C14H24BrN3O2S. The summed E-state index contributed by atoms with van der Waals surface area (Å²) in [6.07, 6.45) is 4.44. The van der Waals surface area contributed by atoms with Crippen LogP contribution in [-0.2, 0) is 16.6 Å². The van der Waals surface area contributed by atoms with Gasteiger partial charge >= 0.3 is 0 Å². The van der Waals surface area contributed by atoms with E-state index in [9.17, 15) is 8.42 Å². The summed E-state index contributed by atoms with van der Waals surface area (Å²) in [5, 5.41) is 0.193. The van der Waals surface area contributed by atoms with E-state index in [1.807, 2.05) is 11.5 Å². The van der Waals surface area contributed by atoms with E-state index in [0.29, 0.717) is 23.8 Å². The lowest BCUT2D eigenvalue weighted by molar-refractivity contribution is 0.274. The number of sulfonamides is 1. The van der Waals surface area contributed by atoms with Crippen LogP contribution >= 0.6 is 15.9 Å². The third-order valence-electron chi connectivity index (χ3n) is 4.17. The summed E-state index contributed by atoms with van der Waals surface area (Å²) in [5.41, 5.74) is 0. The van der Waals surface area contributed by atoms with Crippen molar-refractivity contribution in [2.45, 2.75) is 56.4 Å². The van der Waals surface area contributed by atoms with Crippen molar-refractivity contribution in [3.05, 3.63) is 12.0 Å². The van der Waals surface area contributed by atoms with Gasteiger partial charge in [0.05, 0.1) is 0 Å². The summed E-state index contributed by atoms with van der Waals surface area (Å²) in [5.74, 6) is 1.32. The highest BCUT2D eigenvalue weighted by Gasteiger charge is 2.32. The van der Waals surface area contributed by atoms with Crippen molar-refractivity contribution in [1.82, 2.24) is 13.9 Å². The molecule has 0 aliphatic carbocycles. The van der Waals surface area contributed by atoms with Gasteiger partial charge in [-0.25, -0.2) is 13.4 Å². The lowest BCUT2D eigenvalue weighted by Crippen LogP contribution is -2.40. The van der Waals surface area contributed by atoms with E-state index in [-0.39, 0.29) is 5.03 Å². The molecule has 5 nitrogen and oxygen atoms in total. The van der Waals surface area contributed by atoms with E-state index in [1.165, 1.54) is 0 Å². The number of halogens is 1. The molecule has 0 aromatic carbocycles. The standard InChI is InChI=1S/C14H24BrN3O2S/c1-4-7-17-10-14(16-12(17)3)21(19,20)18-8-5-13(6-9-18)11(2)15/h10-11,13H,4-9H2,1-3H3. The Hall–Kier alpha value is -0.400. The van der Waals surface area contributed by atoms with Crippen LogP contribution in [0, 0.1) is 12.8 Å². The zero-order chi connectivity index (χ0) is 15.6. The summed E-state index contributed by atoms with van der Waals surface area (Å²) < 4.78 is 28.8. The number of piperidine rings is 1. The second-order valence-electron chi connectivity index (χ2n) is 5.74. The van der Waals surface area contributed by atoms with Gasteiger partial charge in [-0.15, -0.1) is 0 Å². The number of hydrogen-bond donors (Lipinski definition) is 0. The maximum Gasteiger partial charge on any atom is 0.262 e. The van der Waals surface area contributed by atoms with Crippen LogP contribution in [0.5, 0.6) is 0 Å². The zero-order valence-electron chi connectivity index (χ0n) is 12.9. The van der Waals surface area contributed by atoms with Gasteiger partial charge < -0.3 is 4.57 Å². The fourth-order valence-electron chi connectivity index (χ4n) is 2.78. The number of imidazole rings is 1. The second kappa shape index (κ2) is 6.79. The van der Waals surface area contributed by atoms with E-state index in [2.05, 4.69) is 34.8 Å². The Morgan fingerprint density at radius 3 is 2.57 bits per heavy atom. The zero-order valence-corrected chi connectivity index (χ0v) is 15.3. The van der Waals surface area contributed by atoms with Crippen molar-refractivity contribution in [3.63, 3.8) is 0 Å². The van der Waals surface area contributed by atoms with Gasteiger partial charge in [0.25, 0.3) is 10.0 Å². The SMILES string of the molecule is CCCn1cc(S(=O)(=O)N2CCC(C(C)Br)CC2)nc1C. The normalized spacial score (nSPS) is 19.8. The summed E-state index contributed by atoms with van der Waals surface area (Å²) in [6, 6.07) is 0. The highest BCUT2D eigenvalue weighted by Crippen LogP contribution is 2.28. The average Bonchev–Trinajstić information content (AvgIpc) is 2.81. The molecule has 0 radical (unpaired) electrons. The Morgan fingerprint density at radius 1 is 1.43 bits per heavy atom. The molecule has 1 aromatic heterocycles. The van der Waals surface area contributed by atoms with Crippen molar-refractivity contribution in [2.75, 3.05) is 13.1 Å². The minimum Gasteiger partial charge on any atom is -0.334 e. The summed E-state index contributed by atoms with van der Waals surface area (Å²) in [7, 11) is -3.45. The molecule has 7 heteroatoms. The maximum absolute atomic E-state index is 12.7. The maximum atomic E-state index is 12.7. The van der Waals surface area contributed by atoms with E-state index >= 15 is 0 Å². The van der Waals surface area contributed by atoms with Crippen molar-refractivity contribution < 1.29 is 8.42 Å². The number of alkyl halides is 1. The molecule has 1 unspecified atom stereocenters. The molecule has 1 atom stereocenters. The largest absolute Gasteiger partial charge is 0.334 e. The minimum atomic E-state index is -3.45. The Bertz CT molecular complexity index is 575. The summed E-state index contributed by atoms with van der Waals surface area (Å²) in [4.78, 5) is 4.69. The first-order valence-electron chi connectivity index (χ1n) is 7.54. The monoisotopic (exact) mass is 377 g/mol. The highest BCUT2D eigenvalue weighted by atomic mass is 79.9. The molecular weight excluding hydrogens is 354 g/mol. The Labute approximate surface area is 135 Å². The molecule has 120 valence electrons. The van der Waals surface area contributed by atoms with Crippen LogP contribution < -0.4 is 0 Å². The van der Waals surface area contributed by atoms with E-state index in [1.54, 1.807) is 10.5 Å². The predicted octanol–water partition coefficient (Wildman–Crippen LogP) is 2.79. The average molecular weight is 378 g/mol. The Morgan fingerprint density at radius 2 is 2.05 bits per heavy atom. The quantitative estimate of drug-likeness (QED) is 0.741. The van der Waals surface area contributed by atoms with Gasteiger partial charge in [0.2, 0.25) is 0 Å². The molecule has 21 heavy (non-hydrogen) atoms. The molecule has 1 aliphatic rings. The third-order valence-corrected chi connectivity index (χ3v) is 6.69. The minimum absolute atomic E-state index is 0.193. The lowest BCUT2D eigenvalue weighted by Gasteiger charge is -2.31. The van der Waals surface area contributed by atoms with Gasteiger partial charge in [-0.3, -0.25) is 0 Å². The van der Waals surface area contributed by atoms with Crippen molar-refractivity contribution in [1.29, 1.82) is 0 Å². The predicted molar refractivity (Wildman–Crippen MR) is 87.1 cm³/mol. The summed E-state index contributed by atoms with van der Waals surface area (Å²) in [6.45, 7) is 8.03. The molecule has 1 saturated heterocycles.